The highest BCUT2D eigenvalue weighted by atomic mass is 16.6. The molecule has 1 aliphatic heterocycles. The van der Waals surface area contributed by atoms with Gasteiger partial charge in [-0.25, -0.2) is 4.68 Å². The van der Waals surface area contributed by atoms with Crippen LogP contribution in [0.1, 0.15) is 51.8 Å². The lowest BCUT2D eigenvalue weighted by molar-refractivity contribution is -0.384. The fourth-order valence-corrected chi connectivity index (χ4v) is 3.97. The summed E-state index contributed by atoms with van der Waals surface area (Å²) < 4.78 is 1.47. The van der Waals surface area contributed by atoms with Gasteiger partial charge in [-0.05, 0) is 56.4 Å². The molecule has 3 aromatic rings. The lowest BCUT2D eigenvalue weighted by atomic mass is 9.99. The Morgan fingerprint density at radius 3 is 2.67 bits per heavy atom. The van der Waals surface area contributed by atoms with Gasteiger partial charge in [0.25, 0.3) is 11.6 Å². The summed E-state index contributed by atoms with van der Waals surface area (Å²) in [7, 11) is 0. The van der Waals surface area contributed by atoms with Crippen LogP contribution in [0.4, 0.5) is 5.69 Å². The first-order chi connectivity index (χ1) is 14.4. The zero-order valence-electron chi connectivity index (χ0n) is 17.2. The van der Waals surface area contributed by atoms with Crippen molar-refractivity contribution in [2.24, 2.45) is 0 Å². The van der Waals surface area contributed by atoms with Crippen LogP contribution in [-0.2, 0) is 0 Å². The maximum absolute atomic E-state index is 13.3. The van der Waals surface area contributed by atoms with Crippen LogP contribution < -0.4 is 0 Å². The molecule has 2 heterocycles. The standard InChI is InChI=1S/C22H23N5O3/c1-14-9-10-17(12-15(14)2)20-8-5-11-25(20)22(28)21-16(3)26(24-23-21)18-6-4-7-19(13-18)27(29)30/h4,6-7,9-10,12-13,20H,5,8,11H2,1-3H3. The molecule has 1 fully saturated rings. The second kappa shape index (κ2) is 7.70. The average Bonchev–Trinajstić information content (AvgIpc) is 3.36. The maximum Gasteiger partial charge on any atom is 0.276 e. The number of aromatic nitrogens is 3. The Kier molecular flexibility index (Phi) is 5.07. The largest absolute Gasteiger partial charge is 0.330 e. The molecule has 1 saturated heterocycles. The van der Waals surface area contributed by atoms with E-state index in [-0.39, 0.29) is 23.3 Å². The van der Waals surface area contributed by atoms with Crippen LogP contribution in [0.15, 0.2) is 42.5 Å². The molecule has 1 atom stereocenters. The van der Waals surface area contributed by atoms with Gasteiger partial charge in [-0.15, -0.1) is 5.10 Å². The quantitative estimate of drug-likeness (QED) is 0.482. The van der Waals surface area contributed by atoms with Gasteiger partial charge >= 0.3 is 0 Å². The molecule has 0 N–H and O–H groups in total. The van der Waals surface area contributed by atoms with E-state index in [1.807, 2.05) is 4.90 Å². The van der Waals surface area contributed by atoms with E-state index < -0.39 is 4.92 Å². The van der Waals surface area contributed by atoms with Gasteiger partial charge < -0.3 is 4.90 Å². The number of nitrogens with zero attached hydrogens (tertiary/aromatic N) is 5. The van der Waals surface area contributed by atoms with Gasteiger partial charge in [0.15, 0.2) is 5.69 Å². The Morgan fingerprint density at radius 2 is 1.93 bits per heavy atom. The van der Waals surface area contributed by atoms with Crippen molar-refractivity contribution in [1.82, 2.24) is 19.9 Å². The molecule has 0 radical (unpaired) electrons. The summed E-state index contributed by atoms with van der Waals surface area (Å²) in [4.78, 5) is 25.8. The number of rotatable bonds is 4. The minimum Gasteiger partial charge on any atom is -0.330 e. The Bertz CT molecular complexity index is 1140. The van der Waals surface area contributed by atoms with E-state index in [2.05, 4.69) is 42.4 Å². The van der Waals surface area contributed by atoms with Gasteiger partial charge in [-0.3, -0.25) is 14.9 Å². The molecule has 1 unspecified atom stereocenters. The SMILES string of the molecule is Cc1ccc(C2CCCN2C(=O)c2nnn(-c3cccc([N+](=O)[O-])c3)c2C)cc1C. The van der Waals surface area contributed by atoms with Crippen LogP contribution in [0, 0.1) is 30.9 Å². The van der Waals surface area contributed by atoms with Gasteiger partial charge in [0, 0.05) is 18.7 Å². The summed E-state index contributed by atoms with van der Waals surface area (Å²) in [6.45, 7) is 6.58. The first-order valence-corrected chi connectivity index (χ1v) is 9.92. The molecule has 30 heavy (non-hydrogen) atoms. The van der Waals surface area contributed by atoms with E-state index in [4.69, 9.17) is 0 Å². The second-order valence-corrected chi connectivity index (χ2v) is 7.71. The number of amides is 1. The lowest BCUT2D eigenvalue weighted by Crippen LogP contribution is -2.31. The number of nitro groups is 1. The van der Waals surface area contributed by atoms with Crippen molar-refractivity contribution < 1.29 is 9.72 Å². The van der Waals surface area contributed by atoms with E-state index in [0.29, 0.717) is 17.9 Å². The van der Waals surface area contributed by atoms with Gasteiger partial charge in [0.05, 0.1) is 22.3 Å². The normalized spacial score (nSPS) is 16.1. The van der Waals surface area contributed by atoms with Crippen LogP contribution in [-0.4, -0.2) is 37.3 Å². The number of non-ortho nitro benzene ring substituents is 1. The topological polar surface area (TPSA) is 94.2 Å². The highest BCUT2D eigenvalue weighted by Gasteiger charge is 2.33. The summed E-state index contributed by atoms with van der Waals surface area (Å²) >= 11 is 0. The first-order valence-electron chi connectivity index (χ1n) is 9.92. The van der Waals surface area contributed by atoms with Crippen molar-refractivity contribution in [2.75, 3.05) is 6.54 Å². The van der Waals surface area contributed by atoms with E-state index in [1.165, 1.54) is 27.9 Å². The number of carbonyl (C=O) groups is 1. The van der Waals surface area contributed by atoms with Crippen molar-refractivity contribution in [3.8, 4) is 5.69 Å². The minimum absolute atomic E-state index is 0.0131. The fraction of sp³-hybridized carbons (Fsp3) is 0.318. The highest BCUT2D eigenvalue weighted by molar-refractivity contribution is 5.93. The van der Waals surface area contributed by atoms with Crippen molar-refractivity contribution in [3.05, 3.63) is 80.7 Å². The molecule has 4 rings (SSSR count). The first kappa shape index (κ1) is 19.8. The van der Waals surface area contributed by atoms with Crippen LogP contribution in [0.2, 0.25) is 0 Å². The number of benzene rings is 2. The average molecular weight is 405 g/mol. The monoisotopic (exact) mass is 405 g/mol. The third-order valence-electron chi connectivity index (χ3n) is 5.81. The molecule has 1 amide bonds. The smallest absolute Gasteiger partial charge is 0.276 e. The molecule has 154 valence electrons. The number of carbonyl (C=O) groups excluding carboxylic acids is 1. The van der Waals surface area contributed by atoms with E-state index in [1.54, 1.807) is 19.1 Å². The molecule has 2 aromatic carbocycles. The Labute approximate surface area is 174 Å². The van der Waals surface area contributed by atoms with Crippen molar-refractivity contribution in [3.63, 3.8) is 0 Å². The molecular weight excluding hydrogens is 382 g/mol. The third kappa shape index (κ3) is 3.45. The summed E-state index contributed by atoms with van der Waals surface area (Å²) in [6.07, 6.45) is 1.84. The van der Waals surface area contributed by atoms with Gasteiger partial charge in [-0.2, -0.15) is 0 Å². The lowest BCUT2D eigenvalue weighted by Gasteiger charge is -2.25. The van der Waals surface area contributed by atoms with E-state index in [9.17, 15) is 14.9 Å². The number of nitro benzene ring substituents is 1. The molecule has 1 aromatic heterocycles. The van der Waals surface area contributed by atoms with Crippen LogP contribution in [0.5, 0.6) is 0 Å². The number of aryl methyl sites for hydroxylation is 2. The van der Waals surface area contributed by atoms with Crippen LogP contribution >= 0.6 is 0 Å². The van der Waals surface area contributed by atoms with Gasteiger partial charge in [0.1, 0.15) is 0 Å². The summed E-state index contributed by atoms with van der Waals surface area (Å²) in [5.74, 6) is -0.162. The minimum atomic E-state index is -0.458. The van der Waals surface area contributed by atoms with Crippen molar-refractivity contribution in [2.45, 2.75) is 39.7 Å². The zero-order valence-corrected chi connectivity index (χ0v) is 17.2. The zero-order chi connectivity index (χ0) is 21.4. The Morgan fingerprint density at radius 1 is 1.13 bits per heavy atom. The molecule has 0 bridgehead atoms. The van der Waals surface area contributed by atoms with Crippen molar-refractivity contribution >= 4 is 11.6 Å². The number of hydrogen-bond donors (Lipinski definition) is 0. The maximum atomic E-state index is 13.3. The van der Waals surface area contributed by atoms with Crippen LogP contribution in [0.3, 0.4) is 0 Å². The van der Waals surface area contributed by atoms with E-state index in [0.717, 1.165) is 18.4 Å². The Hall–Kier alpha value is -3.55. The summed E-state index contributed by atoms with van der Waals surface area (Å²) in [5.41, 5.74) is 4.87. The van der Waals surface area contributed by atoms with Gasteiger partial charge in [-0.1, -0.05) is 29.5 Å². The number of hydrogen-bond acceptors (Lipinski definition) is 5. The molecule has 1 aliphatic rings. The van der Waals surface area contributed by atoms with Gasteiger partial charge in [0.2, 0.25) is 0 Å². The van der Waals surface area contributed by atoms with E-state index >= 15 is 0 Å². The summed E-state index contributed by atoms with van der Waals surface area (Å²) in [5, 5.41) is 19.3. The summed E-state index contributed by atoms with van der Waals surface area (Å²) in [6, 6.07) is 12.5. The number of likely N-dealkylation sites (tertiary alicyclic amines) is 1. The van der Waals surface area contributed by atoms with Crippen molar-refractivity contribution in [1.29, 1.82) is 0 Å². The fourth-order valence-electron chi connectivity index (χ4n) is 3.97. The molecule has 0 saturated carbocycles. The molecule has 0 aliphatic carbocycles. The molecule has 8 nitrogen and oxygen atoms in total. The van der Waals surface area contributed by atoms with Crippen LogP contribution in [0.25, 0.3) is 5.69 Å². The Balaban J connectivity index is 1.64. The third-order valence-corrected chi connectivity index (χ3v) is 5.81. The highest BCUT2D eigenvalue weighted by Crippen LogP contribution is 2.34. The molecular formula is C22H23N5O3. The molecule has 0 spiro atoms. The molecule has 8 heteroatoms. The predicted octanol–water partition coefficient (Wildman–Crippen LogP) is 4.08. The second-order valence-electron chi connectivity index (χ2n) is 7.71. The predicted molar refractivity (Wildman–Crippen MR) is 112 cm³/mol.